The fourth-order valence-electron chi connectivity index (χ4n) is 4.39. The number of carbonyl (C=O) groups is 1. The maximum atomic E-state index is 13.7. The summed E-state index contributed by atoms with van der Waals surface area (Å²) < 4.78 is 12.3. The van der Waals surface area contributed by atoms with E-state index in [1.807, 2.05) is 56.3 Å². The fourth-order valence-corrected chi connectivity index (χ4v) is 4.39. The van der Waals surface area contributed by atoms with Gasteiger partial charge in [-0.25, -0.2) is 4.98 Å². The van der Waals surface area contributed by atoms with Gasteiger partial charge in [0.2, 0.25) is 0 Å². The lowest BCUT2D eigenvalue weighted by molar-refractivity contribution is 0.0692. The van der Waals surface area contributed by atoms with Crippen molar-refractivity contribution in [3.8, 4) is 17.2 Å². The van der Waals surface area contributed by atoms with E-state index in [1.54, 1.807) is 48.0 Å². The Morgan fingerprint density at radius 2 is 1.61 bits per heavy atom. The van der Waals surface area contributed by atoms with E-state index in [0.717, 1.165) is 6.42 Å². The first-order chi connectivity index (χ1) is 17.4. The summed E-state index contributed by atoms with van der Waals surface area (Å²) >= 11 is 0. The fraction of sp³-hybridized carbons (Fsp3) is 0.276. The summed E-state index contributed by atoms with van der Waals surface area (Å²) in [4.78, 5) is 34.0. The molecule has 4 rings (SSSR count). The first-order valence-electron chi connectivity index (χ1n) is 12.1. The molecule has 0 N–H and O–H groups in total. The summed E-state index contributed by atoms with van der Waals surface area (Å²) in [5, 5.41) is 0.528. The molecule has 0 saturated heterocycles. The first kappa shape index (κ1) is 25.0. The first-order valence-corrected chi connectivity index (χ1v) is 12.1. The molecule has 0 bridgehead atoms. The van der Waals surface area contributed by atoms with Crippen molar-refractivity contribution in [2.45, 2.75) is 33.2 Å². The van der Waals surface area contributed by atoms with Gasteiger partial charge >= 0.3 is 0 Å². The predicted molar refractivity (Wildman–Crippen MR) is 141 cm³/mol. The predicted octanol–water partition coefficient (Wildman–Crippen LogP) is 5.19. The van der Waals surface area contributed by atoms with Crippen molar-refractivity contribution >= 4 is 16.8 Å². The van der Waals surface area contributed by atoms with Crippen LogP contribution in [0.1, 0.15) is 48.6 Å². The van der Waals surface area contributed by atoms with Gasteiger partial charge < -0.3 is 14.4 Å². The number of hydrogen-bond donors (Lipinski definition) is 0. The van der Waals surface area contributed by atoms with Gasteiger partial charge in [-0.2, -0.15) is 0 Å². The zero-order valence-electron chi connectivity index (χ0n) is 21.3. The number of carbonyl (C=O) groups excluding carboxylic acids is 1. The van der Waals surface area contributed by atoms with Crippen molar-refractivity contribution in [2.24, 2.45) is 0 Å². The maximum Gasteiger partial charge on any atom is 0.266 e. The Kier molecular flexibility index (Phi) is 7.38. The third kappa shape index (κ3) is 4.69. The third-order valence-electron chi connectivity index (χ3n) is 6.45. The molecular weight excluding hydrogens is 454 g/mol. The van der Waals surface area contributed by atoms with Crippen LogP contribution in [-0.4, -0.2) is 41.1 Å². The van der Waals surface area contributed by atoms with E-state index in [1.165, 1.54) is 5.56 Å². The molecule has 0 aliphatic carbocycles. The maximum absolute atomic E-state index is 13.7. The Morgan fingerprint density at radius 3 is 2.19 bits per heavy atom. The van der Waals surface area contributed by atoms with E-state index < -0.39 is 6.04 Å². The van der Waals surface area contributed by atoms with E-state index in [0.29, 0.717) is 46.0 Å². The van der Waals surface area contributed by atoms with Crippen LogP contribution in [-0.2, 0) is 6.42 Å². The second-order valence-electron chi connectivity index (χ2n) is 8.52. The minimum absolute atomic E-state index is 0.168. The van der Waals surface area contributed by atoms with Crippen LogP contribution in [0.25, 0.3) is 16.6 Å². The van der Waals surface area contributed by atoms with Gasteiger partial charge in [0.15, 0.2) is 0 Å². The molecule has 4 aromatic rings. The molecular formula is C29H31N3O4. The SMILES string of the molecule is CCc1ccc(-n2c(C(C)N(CC)C(=O)c3cc(OC)cc(OC)c3)nc3ccccc3c2=O)cc1. The average molecular weight is 486 g/mol. The minimum Gasteiger partial charge on any atom is -0.497 e. The molecule has 1 heterocycles. The van der Waals surface area contributed by atoms with Gasteiger partial charge in [-0.1, -0.05) is 31.2 Å². The summed E-state index contributed by atoms with van der Waals surface area (Å²) in [5.74, 6) is 1.34. The van der Waals surface area contributed by atoms with Crippen LogP contribution in [0.4, 0.5) is 0 Å². The van der Waals surface area contributed by atoms with Crippen LogP contribution in [0, 0.1) is 0 Å². The number of ether oxygens (including phenoxy) is 2. The second kappa shape index (κ2) is 10.6. The van der Waals surface area contributed by atoms with Gasteiger partial charge in [-0.05, 0) is 62.2 Å². The number of amides is 1. The van der Waals surface area contributed by atoms with Gasteiger partial charge in [0.1, 0.15) is 17.3 Å². The summed E-state index contributed by atoms with van der Waals surface area (Å²) in [7, 11) is 3.09. The normalized spacial score (nSPS) is 11.8. The molecule has 1 aromatic heterocycles. The van der Waals surface area contributed by atoms with Gasteiger partial charge in [0, 0.05) is 18.2 Å². The summed E-state index contributed by atoms with van der Waals surface area (Å²) in [6.45, 7) is 6.30. The highest BCUT2D eigenvalue weighted by molar-refractivity contribution is 5.95. The number of benzene rings is 3. The van der Waals surface area contributed by atoms with Gasteiger partial charge in [0.25, 0.3) is 11.5 Å². The summed E-state index contributed by atoms with van der Waals surface area (Å²) in [6.07, 6.45) is 0.899. The highest BCUT2D eigenvalue weighted by Crippen LogP contribution is 2.28. The highest BCUT2D eigenvalue weighted by Gasteiger charge is 2.27. The molecule has 0 aliphatic heterocycles. The Labute approximate surface area is 210 Å². The molecule has 7 heteroatoms. The smallest absolute Gasteiger partial charge is 0.266 e. The molecule has 1 amide bonds. The van der Waals surface area contributed by atoms with Crippen molar-refractivity contribution in [3.63, 3.8) is 0 Å². The lowest BCUT2D eigenvalue weighted by atomic mass is 10.1. The van der Waals surface area contributed by atoms with Crippen LogP contribution in [0.5, 0.6) is 11.5 Å². The topological polar surface area (TPSA) is 73.7 Å². The molecule has 36 heavy (non-hydrogen) atoms. The molecule has 7 nitrogen and oxygen atoms in total. The van der Waals surface area contributed by atoms with Crippen LogP contribution < -0.4 is 15.0 Å². The standard InChI is InChI=1S/C29H31N3O4/c1-6-20-12-14-22(15-13-20)32-27(30-26-11-9-8-10-25(26)29(32)34)19(3)31(7-2)28(33)21-16-23(35-4)18-24(17-21)36-5/h8-19H,6-7H2,1-5H3. The minimum atomic E-state index is -0.497. The average Bonchev–Trinajstić information content (AvgIpc) is 2.93. The number of aromatic nitrogens is 2. The molecule has 0 radical (unpaired) electrons. The van der Waals surface area contributed by atoms with Gasteiger partial charge in [-0.15, -0.1) is 0 Å². The molecule has 0 aliphatic rings. The van der Waals surface area contributed by atoms with E-state index in [4.69, 9.17) is 14.5 Å². The number of para-hydroxylation sites is 1. The van der Waals surface area contributed by atoms with E-state index >= 15 is 0 Å². The lowest BCUT2D eigenvalue weighted by Gasteiger charge is -2.30. The Morgan fingerprint density at radius 1 is 0.972 bits per heavy atom. The van der Waals surface area contributed by atoms with Gasteiger partial charge in [-0.3, -0.25) is 14.2 Å². The molecule has 3 aromatic carbocycles. The summed E-state index contributed by atoms with van der Waals surface area (Å²) in [5.41, 5.74) is 2.74. The number of rotatable bonds is 8. The van der Waals surface area contributed by atoms with E-state index in [-0.39, 0.29) is 11.5 Å². The van der Waals surface area contributed by atoms with Crippen LogP contribution in [0.2, 0.25) is 0 Å². The lowest BCUT2D eigenvalue weighted by Crippen LogP contribution is -2.37. The molecule has 1 unspecified atom stereocenters. The molecule has 0 saturated carbocycles. The number of nitrogens with zero attached hydrogens (tertiary/aromatic N) is 3. The highest BCUT2D eigenvalue weighted by atomic mass is 16.5. The molecule has 0 fully saturated rings. The summed E-state index contributed by atoms with van der Waals surface area (Å²) in [6, 6.07) is 19.8. The van der Waals surface area contributed by atoms with Crippen LogP contribution in [0.3, 0.4) is 0 Å². The number of fused-ring (bicyclic) bond motifs is 1. The van der Waals surface area contributed by atoms with Crippen LogP contribution >= 0.6 is 0 Å². The Balaban J connectivity index is 1.87. The number of methoxy groups -OCH3 is 2. The largest absolute Gasteiger partial charge is 0.497 e. The van der Waals surface area contributed by atoms with Gasteiger partial charge in [0.05, 0.1) is 36.9 Å². The molecule has 1 atom stereocenters. The van der Waals surface area contributed by atoms with E-state index in [2.05, 4.69) is 6.92 Å². The zero-order valence-corrected chi connectivity index (χ0v) is 21.3. The van der Waals surface area contributed by atoms with Crippen molar-refractivity contribution in [3.05, 3.63) is 94.0 Å². The van der Waals surface area contributed by atoms with Crippen molar-refractivity contribution in [1.82, 2.24) is 14.5 Å². The Bertz CT molecular complexity index is 1420. The van der Waals surface area contributed by atoms with Crippen LogP contribution in [0.15, 0.2) is 71.5 Å². The van der Waals surface area contributed by atoms with Crippen molar-refractivity contribution in [1.29, 1.82) is 0 Å². The van der Waals surface area contributed by atoms with E-state index in [9.17, 15) is 9.59 Å². The van der Waals surface area contributed by atoms with Crippen molar-refractivity contribution < 1.29 is 14.3 Å². The quantitative estimate of drug-likeness (QED) is 0.343. The third-order valence-corrected chi connectivity index (χ3v) is 6.45. The Hall–Kier alpha value is -4.13. The van der Waals surface area contributed by atoms with Crippen molar-refractivity contribution in [2.75, 3.05) is 20.8 Å². The monoisotopic (exact) mass is 485 g/mol. The number of aryl methyl sites for hydroxylation is 1. The molecule has 186 valence electrons. The number of hydrogen-bond acceptors (Lipinski definition) is 5. The molecule has 0 spiro atoms. The second-order valence-corrected chi connectivity index (χ2v) is 8.52. The zero-order chi connectivity index (χ0) is 25.8.